The van der Waals surface area contributed by atoms with Crippen LogP contribution in [0.15, 0.2) is 109 Å². The van der Waals surface area contributed by atoms with Crippen LogP contribution in [-0.4, -0.2) is 20.2 Å². The minimum atomic E-state index is 0.504. The Morgan fingerprint density at radius 2 is 1.66 bits per heavy atom. The molecule has 0 radical (unpaired) electrons. The normalized spacial score (nSPS) is 10.9. The maximum atomic E-state index is 6.21. The van der Waals surface area contributed by atoms with Gasteiger partial charge in [0, 0.05) is 28.9 Å². The number of ether oxygens (including phenoxy) is 2. The van der Waals surface area contributed by atoms with E-state index in [1.807, 2.05) is 110 Å². The second-order valence-corrected chi connectivity index (χ2v) is 8.89. The van der Waals surface area contributed by atoms with Gasteiger partial charge in [-0.2, -0.15) is 4.98 Å². The Bertz CT molecular complexity index is 1680. The number of aryl methyl sites for hydroxylation is 1. The summed E-state index contributed by atoms with van der Waals surface area (Å²) in [6.07, 6.45) is 1.74. The molecule has 7 nitrogen and oxygen atoms in total. The van der Waals surface area contributed by atoms with Crippen LogP contribution in [-0.2, 0) is 6.61 Å². The molecular formula is C31H25N5O2. The average Bonchev–Trinajstić information content (AvgIpc) is 3.41. The molecule has 7 heteroatoms. The van der Waals surface area contributed by atoms with Gasteiger partial charge in [0.25, 0.3) is 0 Å². The Morgan fingerprint density at radius 3 is 2.50 bits per heavy atom. The first-order valence-electron chi connectivity index (χ1n) is 12.3. The van der Waals surface area contributed by atoms with Gasteiger partial charge in [0.2, 0.25) is 5.95 Å². The summed E-state index contributed by atoms with van der Waals surface area (Å²) in [5, 5.41) is 11.4. The van der Waals surface area contributed by atoms with E-state index in [1.165, 1.54) is 5.56 Å². The number of nitrogens with zero attached hydrogens (tertiary/aromatic N) is 3. The fourth-order valence-corrected chi connectivity index (χ4v) is 4.13. The third-order valence-corrected chi connectivity index (χ3v) is 6.04. The van der Waals surface area contributed by atoms with Crippen molar-refractivity contribution in [1.82, 2.24) is 20.2 Å². The highest BCUT2D eigenvalue weighted by molar-refractivity contribution is 5.86. The molecule has 2 heterocycles. The first kappa shape index (κ1) is 23.2. The van der Waals surface area contributed by atoms with Crippen molar-refractivity contribution in [2.75, 3.05) is 5.32 Å². The van der Waals surface area contributed by atoms with Crippen molar-refractivity contribution in [2.45, 2.75) is 13.5 Å². The van der Waals surface area contributed by atoms with Gasteiger partial charge in [-0.1, -0.05) is 42.5 Å². The molecule has 186 valence electrons. The van der Waals surface area contributed by atoms with Gasteiger partial charge in [-0.15, -0.1) is 5.10 Å². The van der Waals surface area contributed by atoms with Crippen molar-refractivity contribution in [3.8, 4) is 28.6 Å². The zero-order chi connectivity index (χ0) is 25.7. The minimum Gasteiger partial charge on any atom is -0.489 e. The average molecular weight is 500 g/mol. The zero-order valence-electron chi connectivity index (χ0n) is 20.8. The van der Waals surface area contributed by atoms with E-state index in [0.29, 0.717) is 24.1 Å². The molecular weight excluding hydrogens is 474 g/mol. The van der Waals surface area contributed by atoms with E-state index in [9.17, 15) is 0 Å². The molecule has 0 amide bonds. The molecule has 2 aromatic heterocycles. The summed E-state index contributed by atoms with van der Waals surface area (Å²) < 4.78 is 12.2. The molecule has 6 aromatic rings. The van der Waals surface area contributed by atoms with Crippen molar-refractivity contribution in [2.24, 2.45) is 0 Å². The number of hydrogen-bond acceptors (Lipinski definition) is 6. The number of benzene rings is 4. The van der Waals surface area contributed by atoms with Crippen LogP contribution in [0.3, 0.4) is 0 Å². The lowest BCUT2D eigenvalue weighted by molar-refractivity contribution is 0.306. The lowest BCUT2D eigenvalue weighted by atomic mass is 10.2. The van der Waals surface area contributed by atoms with Crippen LogP contribution in [0, 0.1) is 6.92 Å². The van der Waals surface area contributed by atoms with Crippen LogP contribution in [0.5, 0.6) is 17.2 Å². The number of aromatic nitrogens is 4. The van der Waals surface area contributed by atoms with Gasteiger partial charge in [-0.25, -0.2) is 0 Å². The van der Waals surface area contributed by atoms with E-state index in [4.69, 9.17) is 9.47 Å². The van der Waals surface area contributed by atoms with Crippen molar-refractivity contribution >= 4 is 22.5 Å². The second-order valence-electron chi connectivity index (χ2n) is 8.89. The summed E-state index contributed by atoms with van der Waals surface area (Å²) in [6, 6.07) is 33.6. The predicted molar refractivity (Wildman–Crippen MR) is 149 cm³/mol. The highest BCUT2D eigenvalue weighted by Gasteiger charge is 2.09. The zero-order valence-corrected chi connectivity index (χ0v) is 20.8. The maximum absolute atomic E-state index is 6.21. The Labute approximate surface area is 220 Å². The molecule has 0 aliphatic carbocycles. The molecule has 2 N–H and O–H groups in total. The number of fused-ring (bicyclic) bond motifs is 1. The SMILES string of the molecule is Cc1cccc(Nc2n[nH]c(-c3ccc(Oc4ccnc5cc(OCc6ccccc6)ccc45)cc3)n2)c1. The number of nitrogens with one attached hydrogen (secondary N) is 2. The summed E-state index contributed by atoms with van der Waals surface area (Å²) >= 11 is 0. The Hall–Kier alpha value is -5.17. The quantitative estimate of drug-likeness (QED) is 0.226. The maximum Gasteiger partial charge on any atom is 0.246 e. The van der Waals surface area contributed by atoms with Crippen LogP contribution >= 0.6 is 0 Å². The standard InChI is InChI=1S/C31H25N5O2/c1-21-6-5-9-24(18-21)33-31-34-30(35-36-31)23-10-12-25(13-11-23)38-29-16-17-32-28-19-26(14-15-27(28)29)37-20-22-7-3-2-4-8-22/h2-19H,20H2,1H3,(H2,33,34,35,36). The highest BCUT2D eigenvalue weighted by Crippen LogP contribution is 2.32. The topological polar surface area (TPSA) is 85.0 Å². The van der Waals surface area contributed by atoms with Gasteiger partial charge in [0.1, 0.15) is 23.9 Å². The summed E-state index contributed by atoms with van der Waals surface area (Å²) in [6.45, 7) is 2.55. The summed E-state index contributed by atoms with van der Waals surface area (Å²) in [4.78, 5) is 9.07. The summed E-state index contributed by atoms with van der Waals surface area (Å²) in [7, 11) is 0. The van der Waals surface area contributed by atoms with E-state index in [-0.39, 0.29) is 0 Å². The Kier molecular flexibility index (Phi) is 6.39. The molecule has 38 heavy (non-hydrogen) atoms. The molecule has 4 aromatic carbocycles. The number of hydrogen-bond donors (Lipinski definition) is 2. The van der Waals surface area contributed by atoms with Gasteiger partial charge in [-0.3, -0.25) is 10.1 Å². The second kappa shape index (κ2) is 10.4. The molecule has 0 unspecified atom stereocenters. The van der Waals surface area contributed by atoms with Crippen LogP contribution in [0.2, 0.25) is 0 Å². The lowest BCUT2D eigenvalue weighted by Gasteiger charge is -2.11. The molecule has 0 aliphatic rings. The first-order chi connectivity index (χ1) is 18.7. The van der Waals surface area contributed by atoms with Crippen LogP contribution < -0.4 is 14.8 Å². The van der Waals surface area contributed by atoms with Gasteiger partial charge < -0.3 is 14.8 Å². The first-order valence-corrected chi connectivity index (χ1v) is 12.3. The Balaban J connectivity index is 1.14. The molecule has 0 bridgehead atoms. The van der Waals surface area contributed by atoms with Gasteiger partial charge in [-0.05, 0) is 72.6 Å². The van der Waals surface area contributed by atoms with Gasteiger partial charge in [0.15, 0.2) is 5.82 Å². The van der Waals surface area contributed by atoms with Crippen LogP contribution in [0.25, 0.3) is 22.3 Å². The number of rotatable bonds is 8. The van der Waals surface area contributed by atoms with Crippen molar-refractivity contribution in [3.05, 3.63) is 120 Å². The predicted octanol–water partition coefficient (Wildman–Crippen LogP) is 7.44. The lowest BCUT2D eigenvalue weighted by Crippen LogP contribution is -1.95. The van der Waals surface area contributed by atoms with Crippen LogP contribution in [0.4, 0.5) is 11.6 Å². The van der Waals surface area contributed by atoms with Crippen molar-refractivity contribution < 1.29 is 9.47 Å². The number of anilines is 2. The minimum absolute atomic E-state index is 0.504. The highest BCUT2D eigenvalue weighted by atomic mass is 16.5. The molecule has 0 atom stereocenters. The third-order valence-electron chi connectivity index (χ3n) is 6.04. The fraction of sp³-hybridized carbons (Fsp3) is 0.0645. The smallest absolute Gasteiger partial charge is 0.246 e. The monoisotopic (exact) mass is 499 g/mol. The van der Waals surface area contributed by atoms with Crippen molar-refractivity contribution in [1.29, 1.82) is 0 Å². The number of pyridine rings is 1. The van der Waals surface area contributed by atoms with E-state index in [1.54, 1.807) is 6.20 Å². The van der Waals surface area contributed by atoms with E-state index in [0.717, 1.165) is 39.2 Å². The van der Waals surface area contributed by atoms with Gasteiger partial charge in [0.05, 0.1) is 5.52 Å². The van der Waals surface area contributed by atoms with Crippen LogP contribution in [0.1, 0.15) is 11.1 Å². The van der Waals surface area contributed by atoms with E-state index in [2.05, 4.69) is 25.5 Å². The van der Waals surface area contributed by atoms with Gasteiger partial charge >= 0.3 is 0 Å². The molecule has 0 spiro atoms. The summed E-state index contributed by atoms with van der Waals surface area (Å²) in [5.74, 6) is 3.38. The fourth-order valence-electron chi connectivity index (χ4n) is 4.13. The largest absolute Gasteiger partial charge is 0.489 e. The van der Waals surface area contributed by atoms with E-state index < -0.39 is 0 Å². The molecule has 6 rings (SSSR count). The molecule has 0 fully saturated rings. The van der Waals surface area contributed by atoms with Crippen molar-refractivity contribution in [3.63, 3.8) is 0 Å². The Morgan fingerprint density at radius 1 is 0.816 bits per heavy atom. The number of H-pyrrole nitrogens is 1. The van der Waals surface area contributed by atoms with E-state index >= 15 is 0 Å². The molecule has 0 aliphatic heterocycles. The summed E-state index contributed by atoms with van der Waals surface area (Å²) in [5.41, 5.74) is 4.94. The third kappa shape index (κ3) is 5.32. The molecule has 0 saturated heterocycles. The molecule has 0 saturated carbocycles. The number of aromatic amines is 1.